The number of carboxylic acids is 1. The van der Waals surface area contributed by atoms with Crippen LogP contribution in [0.3, 0.4) is 0 Å². The van der Waals surface area contributed by atoms with Crippen LogP contribution in [0.4, 0.5) is 0 Å². The van der Waals surface area contributed by atoms with E-state index in [1.807, 2.05) is 0 Å². The third-order valence-corrected chi connectivity index (χ3v) is 10.0. The summed E-state index contributed by atoms with van der Waals surface area (Å²) >= 11 is 0. The minimum atomic E-state index is -4.75. The summed E-state index contributed by atoms with van der Waals surface area (Å²) in [6.45, 7) is 2.57. The number of aliphatic carboxylic acids is 1. The number of allylic oxidation sites excluding steroid dienone is 2. The van der Waals surface area contributed by atoms with Crippen LogP contribution in [0.1, 0.15) is 194 Å². The minimum Gasteiger partial charge on any atom is -0.480 e. The number of nitrogens with one attached hydrogen (secondary N) is 1. The Hall–Kier alpha value is -1.78. The molecule has 11 nitrogen and oxygen atoms in total. The summed E-state index contributed by atoms with van der Waals surface area (Å²) in [5.41, 5.74) is 0. The smallest absolute Gasteiger partial charge is 0.472 e. The maximum absolute atomic E-state index is 12.3. The second-order valence-corrected chi connectivity index (χ2v) is 15.6. The van der Waals surface area contributed by atoms with E-state index in [2.05, 4.69) is 31.3 Å². The second-order valence-electron chi connectivity index (χ2n) is 14.2. The first-order chi connectivity index (χ1) is 25.1. The molecular weight excluding hydrogens is 685 g/mol. The molecule has 0 aromatic rings. The molecule has 0 aromatic carbocycles. The number of aliphatic hydroxyl groups excluding tert-OH is 1. The average molecular weight is 762 g/mol. The van der Waals surface area contributed by atoms with Gasteiger partial charge in [-0.15, -0.1) is 0 Å². The topological polar surface area (TPSA) is 169 Å². The van der Waals surface area contributed by atoms with Crippen molar-refractivity contribution in [3.8, 4) is 0 Å². The van der Waals surface area contributed by atoms with E-state index in [1.54, 1.807) is 0 Å². The molecule has 3 atom stereocenters. The van der Waals surface area contributed by atoms with Gasteiger partial charge in [0.15, 0.2) is 6.04 Å². The first-order valence-electron chi connectivity index (χ1n) is 20.7. The molecule has 0 aliphatic carbocycles. The SMILES string of the molecule is CCCCCCC/C=C\CCCCCCCC(=O)OCC(O)COP(=O)(O)OCC(NC(=O)CCCCCCCCCCCCCCCC)C(=O)O. The van der Waals surface area contributed by atoms with E-state index in [4.69, 9.17) is 13.8 Å². The zero-order chi connectivity index (χ0) is 38.5. The molecule has 0 heterocycles. The number of esters is 1. The molecule has 0 bridgehead atoms. The van der Waals surface area contributed by atoms with Crippen LogP contribution >= 0.6 is 7.82 Å². The third-order valence-electron chi connectivity index (χ3n) is 9.05. The maximum Gasteiger partial charge on any atom is 0.472 e. The van der Waals surface area contributed by atoms with Gasteiger partial charge in [0.2, 0.25) is 5.91 Å². The van der Waals surface area contributed by atoms with E-state index in [1.165, 1.54) is 96.3 Å². The predicted molar refractivity (Wildman–Crippen MR) is 208 cm³/mol. The maximum atomic E-state index is 12.3. The second kappa shape index (κ2) is 36.2. The molecule has 0 saturated heterocycles. The summed E-state index contributed by atoms with van der Waals surface area (Å²) in [6.07, 6.45) is 33.8. The fraction of sp³-hybridized carbons (Fsp3) is 0.875. The highest BCUT2D eigenvalue weighted by atomic mass is 31.2. The average Bonchev–Trinajstić information content (AvgIpc) is 3.11. The molecule has 306 valence electrons. The van der Waals surface area contributed by atoms with Gasteiger partial charge < -0.3 is 25.2 Å². The van der Waals surface area contributed by atoms with Crippen molar-refractivity contribution in [2.24, 2.45) is 0 Å². The van der Waals surface area contributed by atoms with Crippen LogP contribution in [0.25, 0.3) is 0 Å². The Kier molecular flexibility index (Phi) is 35.0. The Bertz CT molecular complexity index is 947. The van der Waals surface area contributed by atoms with Crippen LogP contribution in [-0.2, 0) is 32.7 Å². The van der Waals surface area contributed by atoms with Gasteiger partial charge in [-0.05, 0) is 38.5 Å². The highest BCUT2D eigenvalue weighted by Gasteiger charge is 2.28. The molecule has 1 amide bonds. The van der Waals surface area contributed by atoms with Gasteiger partial charge >= 0.3 is 19.8 Å². The number of hydrogen-bond donors (Lipinski definition) is 4. The molecule has 0 aromatic heterocycles. The zero-order valence-corrected chi connectivity index (χ0v) is 33.8. The Morgan fingerprint density at radius 3 is 1.46 bits per heavy atom. The Balaban J connectivity index is 3.93. The highest BCUT2D eigenvalue weighted by Crippen LogP contribution is 2.43. The number of carbonyl (C=O) groups is 3. The molecule has 52 heavy (non-hydrogen) atoms. The van der Waals surface area contributed by atoms with Gasteiger partial charge in [0, 0.05) is 12.8 Å². The normalized spacial score (nSPS) is 13.9. The number of amides is 1. The molecule has 0 spiro atoms. The molecule has 0 aliphatic rings. The molecule has 4 N–H and O–H groups in total. The van der Waals surface area contributed by atoms with Crippen molar-refractivity contribution in [1.29, 1.82) is 0 Å². The summed E-state index contributed by atoms with van der Waals surface area (Å²) in [7, 11) is -4.75. The highest BCUT2D eigenvalue weighted by molar-refractivity contribution is 7.47. The first-order valence-corrected chi connectivity index (χ1v) is 22.2. The fourth-order valence-corrected chi connectivity index (χ4v) is 6.55. The van der Waals surface area contributed by atoms with Gasteiger partial charge in [-0.3, -0.25) is 18.6 Å². The van der Waals surface area contributed by atoms with Crippen molar-refractivity contribution in [3.05, 3.63) is 12.2 Å². The van der Waals surface area contributed by atoms with Gasteiger partial charge in [-0.2, -0.15) is 0 Å². The molecule has 0 radical (unpaired) electrons. The number of phosphoric acid groups is 1. The predicted octanol–water partition coefficient (Wildman–Crippen LogP) is 10.1. The molecule has 0 saturated carbocycles. The number of aliphatic hydroxyl groups is 1. The number of rotatable bonds is 39. The van der Waals surface area contributed by atoms with Crippen LogP contribution in [0, 0.1) is 0 Å². The Morgan fingerprint density at radius 2 is 1.00 bits per heavy atom. The molecule has 3 unspecified atom stereocenters. The van der Waals surface area contributed by atoms with Crippen LogP contribution < -0.4 is 5.32 Å². The van der Waals surface area contributed by atoms with E-state index < -0.39 is 57.6 Å². The minimum absolute atomic E-state index is 0.150. The number of ether oxygens (including phenoxy) is 1. The fourth-order valence-electron chi connectivity index (χ4n) is 5.78. The van der Waals surface area contributed by atoms with Gasteiger partial charge in [0.05, 0.1) is 13.2 Å². The van der Waals surface area contributed by atoms with Gasteiger partial charge in [-0.25, -0.2) is 9.36 Å². The lowest BCUT2D eigenvalue weighted by Gasteiger charge is -2.18. The summed E-state index contributed by atoms with van der Waals surface area (Å²) in [5.74, 6) is -2.37. The van der Waals surface area contributed by atoms with Crippen LogP contribution in [0.15, 0.2) is 12.2 Å². The van der Waals surface area contributed by atoms with Crippen molar-refractivity contribution in [1.82, 2.24) is 5.32 Å². The van der Waals surface area contributed by atoms with Crippen molar-refractivity contribution in [2.45, 2.75) is 206 Å². The van der Waals surface area contributed by atoms with E-state index >= 15 is 0 Å². The lowest BCUT2D eigenvalue weighted by Crippen LogP contribution is -2.43. The molecular formula is C40H76NO10P. The lowest BCUT2D eigenvalue weighted by atomic mass is 10.0. The van der Waals surface area contributed by atoms with Crippen molar-refractivity contribution >= 4 is 25.7 Å². The van der Waals surface area contributed by atoms with E-state index in [0.29, 0.717) is 12.8 Å². The Morgan fingerprint density at radius 1 is 0.596 bits per heavy atom. The standard InChI is InChI=1S/C40H76NO10P/c1-3-5-7-9-11-13-15-17-19-21-23-25-27-29-31-38(43)41-37(40(45)46)35-51-52(47,48)50-34-36(42)33-49-39(44)32-30-28-26-24-22-20-18-16-14-12-10-8-6-4-2/h16,18,36-37,42H,3-15,17,19-35H2,1-2H3,(H,41,43)(H,45,46)(H,47,48)/b18-16-. The van der Waals surface area contributed by atoms with Crippen LogP contribution in [0.2, 0.25) is 0 Å². The monoisotopic (exact) mass is 762 g/mol. The molecule has 0 aliphatic heterocycles. The van der Waals surface area contributed by atoms with Gasteiger partial charge in [0.25, 0.3) is 0 Å². The van der Waals surface area contributed by atoms with Gasteiger partial charge in [0.1, 0.15) is 12.7 Å². The summed E-state index contributed by atoms with van der Waals surface area (Å²) in [4.78, 5) is 45.8. The lowest BCUT2D eigenvalue weighted by molar-refractivity contribution is -0.147. The quantitative estimate of drug-likeness (QED) is 0.0205. The molecule has 12 heteroatoms. The van der Waals surface area contributed by atoms with Gasteiger partial charge in [-0.1, -0.05) is 154 Å². The number of carbonyl (C=O) groups excluding carboxylic acids is 2. The number of carboxylic acid groups (broad SMARTS) is 1. The van der Waals surface area contributed by atoms with Crippen molar-refractivity contribution in [2.75, 3.05) is 19.8 Å². The number of hydrogen-bond acceptors (Lipinski definition) is 8. The molecule has 0 rings (SSSR count). The van der Waals surface area contributed by atoms with E-state index in [0.717, 1.165) is 57.8 Å². The third kappa shape index (κ3) is 35.3. The zero-order valence-electron chi connectivity index (χ0n) is 32.9. The number of phosphoric ester groups is 1. The number of unbranched alkanes of at least 4 members (excludes halogenated alkanes) is 23. The van der Waals surface area contributed by atoms with Crippen molar-refractivity contribution < 1.29 is 47.8 Å². The van der Waals surface area contributed by atoms with E-state index in [9.17, 15) is 34.1 Å². The van der Waals surface area contributed by atoms with E-state index in [-0.39, 0.29) is 12.8 Å². The van der Waals surface area contributed by atoms with Crippen LogP contribution in [-0.4, -0.2) is 64.9 Å². The first kappa shape index (κ1) is 50.2. The Labute approximate surface area is 316 Å². The largest absolute Gasteiger partial charge is 0.480 e. The van der Waals surface area contributed by atoms with Crippen molar-refractivity contribution in [3.63, 3.8) is 0 Å². The molecule has 0 fully saturated rings. The summed E-state index contributed by atoms with van der Waals surface area (Å²) in [5, 5.41) is 21.8. The van der Waals surface area contributed by atoms with Crippen LogP contribution in [0.5, 0.6) is 0 Å². The summed E-state index contributed by atoms with van der Waals surface area (Å²) in [6, 6.07) is -1.54. The summed E-state index contributed by atoms with van der Waals surface area (Å²) < 4.78 is 26.8.